The van der Waals surface area contributed by atoms with Crippen molar-refractivity contribution in [3.05, 3.63) is 69.9 Å². The van der Waals surface area contributed by atoms with Gasteiger partial charge in [0.1, 0.15) is 11.6 Å². The van der Waals surface area contributed by atoms with Crippen molar-refractivity contribution >= 4 is 55.5 Å². The van der Waals surface area contributed by atoms with Crippen LogP contribution < -0.4 is 0 Å². The minimum Gasteiger partial charge on any atom is -0.339 e. The smallest absolute Gasteiger partial charge is 0.132 e. The largest absolute Gasteiger partial charge is 0.339 e. The molecule has 6 rings (SSSR count). The number of benzene rings is 2. The maximum absolute atomic E-state index is 16.4. The Kier molecular flexibility index (Phi) is 14.1. The molecule has 2 aromatic carbocycles. The summed E-state index contributed by atoms with van der Waals surface area (Å²) in [7, 11) is 0. The van der Waals surface area contributed by atoms with Crippen LogP contribution in [0.15, 0.2) is 47.2 Å². The van der Waals surface area contributed by atoms with Gasteiger partial charge in [-0.1, -0.05) is 105 Å². The Balaban J connectivity index is 1.48. The minimum absolute atomic E-state index is 0.170. The summed E-state index contributed by atoms with van der Waals surface area (Å²) in [5.41, 5.74) is 8.23. The summed E-state index contributed by atoms with van der Waals surface area (Å²) in [5, 5.41) is 6.32. The molecule has 6 aromatic rings. The molecule has 0 saturated carbocycles. The van der Waals surface area contributed by atoms with Crippen molar-refractivity contribution in [2.45, 2.75) is 156 Å². The standard InChI is InChI=1S/C46H60F2N2S2/c1-5-9-13-17-21-33-25-43(51-31-33)35-29-41-37(27-39(35)47)45-46(49(41)23-19-15-11-7-3)38-28-40(48)36(30-42(38)50(45)24-20-16-12-8-4)44-26-34(32-52-44)22-18-14-10-6-2/h25-32H,5-24H2,1-4H3. The summed E-state index contributed by atoms with van der Waals surface area (Å²) in [4.78, 5) is 1.99. The molecule has 0 unspecified atom stereocenters. The monoisotopic (exact) mass is 742 g/mol. The molecule has 0 N–H and O–H groups in total. The second kappa shape index (κ2) is 18.9. The third-order valence-electron chi connectivity index (χ3n) is 11.0. The summed E-state index contributed by atoms with van der Waals surface area (Å²) in [6.45, 7) is 10.6. The molecule has 0 aliphatic heterocycles. The molecule has 4 aromatic heterocycles. The van der Waals surface area contributed by atoms with Crippen molar-refractivity contribution in [1.29, 1.82) is 0 Å². The zero-order valence-electron chi connectivity index (χ0n) is 32.2. The second-order valence-corrected chi connectivity index (χ2v) is 16.9. The van der Waals surface area contributed by atoms with Gasteiger partial charge in [0.05, 0.1) is 22.1 Å². The zero-order chi connectivity index (χ0) is 36.5. The van der Waals surface area contributed by atoms with Gasteiger partial charge in [0.2, 0.25) is 0 Å². The molecule has 4 heterocycles. The highest BCUT2D eigenvalue weighted by Crippen LogP contribution is 2.43. The van der Waals surface area contributed by atoms with Gasteiger partial charge >= 0.3 is 0 Å². The number of aryl methyl sites for hydroxylation is 4. The van der Waals surface area contributed by atoms with Crippen molar-refractivity contribution < 1.29 is 8.78 Å². The van der Waals surface area contributed by atoms with E-state index in [4.69, 9.17) is 0 Å². The van der Waals surface area contributed by atoms with Gasteiger partial charge in [-0.3, -0.25) is 0 Å². The van der Waals surface area contributed by atoms with Crippen molar-refractivity contribution in [3.63, 3.8) is 0 Å². The van der Waals surface area contributed by atoms with E-state index in [0.717, 1.165) is 94.2 Å². The predicted molar refractivity (Wildman–Crippen MR) is 225 cm³/mol. The van der Waals surface area contributed by atoms with Crippen molar-refractivity contribution in [1.82, 2.24) is 9.13 Å². The summed E-state index contributed by atoms with van der Waals surface area (Å²) in [6, 6.07) is 12.2. The molecule has 0 fully saturated rings. The molecule has 0 aliphatic carbocycles. The first-order chi connectivity index (χ1) is 25.5. The second-order valence-electron chi connectivity index (χ2n) is 15.1. The van der Waals surface area contributed by atoms with Crippen LogP contribution in [0.3, 0.4) is 0 Å². The Hall–Kier alpha value is -2.96. The van der Waals surface area contributed by atoms with Crippen LogP contribution in [0.1, 0.15) is 142 Å². The Morgan fingerprint density at radius 3 is 1.23 bits per heavy atom. The number of fused-ring (bicyclic) bond motifs is 5. The van der Waals surface area contributed by atoms with Gasteiger partial charge in [0, 0.05) is 44.7 Å². The molecule has 2 nitrogen and oxygen atoms in total. The third-order valence-corrected chi connectivity index (χ3v) is 13.0. The Bertz CT molecular complexity index is 1890. The molecule has 52 heavy (non-hydrogen) atoms. The highest BCUT2D eigenvalue weighted by molar-refractivity contribution is 7.14. The lowest BCUT2D eigenvalue weighted by Gasteiger charge is -2.11. The topological polar surface area (TPSA) is 9.86 Å². The van der Waals surface area contributed by atoms with Crippen LogP contribution in [0.4, 0.5) is 8.78 Å². The Labute approximate surface area is 319 Å². The Morgan fingerprint density at radius 1 is 0.462 bits per heavy atom. The number of hydrogen-bond acceptors (Lipinski definition) is 2. The highest BCUT2D eigenvalue weighted by atomic mass is 32.1. The fraction of sp³-hybridized carbons (Fsp3) is 0.522. The number of thiophene rings is 2. The van der Waals surface area contributed by atoms with Crippen LogP contribution >= 0.6 is 22.7 Å². The number of rotatable bonds is 22. The van der Waals surface area contributed by atoms with E-state index in [1.54, 1.807) is 34.8 Å². The van der Waals surface area contributed by atoms with Gasteiger partial charge in [-0.2, -0.15) is 0 Å². The van der Waals surface area contributed by atoms with E-state index in [1.807, 2.05) is 0 Å². The van der Waals surface area contributed by atoms with E-state index in [1.165, 1.54) is 88.2 Å². The molecule has 280 valence electrons. The molecule has 0 radical (unpaired) electrons. The first-order valence-electron chi connectivity index (χ1n) is 20.6. The summed E-state index contributed by atoms with van der Waals surface area (Å²) >= 11 is 3.31. The number of nitrogens with zero attached hydrogens (tertiary/aromatic N) is 2. The summed E-state index contributed by atoms with van der Waals surface area (Å²) in [6.07, 6.45) is 21.0. The zero-order valence-corrected chi connectivity index (χ0v) is 33.9. The molecule has 6 heteroatoms. The number of aromatic nitrogens is 2. The molecule has 0 spiro atoms. The van der Waals surface area contributed by atoms with Gasteiger partial charge in [-0.25, -0.2) is 8.78 Å². The van der Waals surface area contributed by atoms with E-state index in [2.05, 4.69) is 71.9 Å². The summed E-state index contributed by atoms with van der Waals surface area (Å²) < 4.78 is 37.6. The molecule has 0 amide bonds. The van der Waals surface area contributed by atoms with E-state index in [9.17, 15) is 0 Å². The van der Waals surface area contributed by atoms with E-state index >= 15 is 8.78 Å². The van der Waals surface area contributed by atoms with Crippen molar-refractivity contribution in [2.24, 2.45) is 0 Å². The maximum Gasteiger partial charge on any atom is 0.132 e. The number of unbranched alkanes of at least 4 members (excludes halogenated alkanes) is 12. The van der Waals surface area contributed by atoms with Gasteiger partial charge in [-0.15, -0.1) is 22.7 Å². The van der Waals surface area contributed by atoms with E-state index < -0.39 is 0 Å². The van der Waals surface area contributed by atoms with Gasteiger partial charge in [0.25, 0.3) is 0 Å². The van der Waals surface area contributed by atoms with Gasteiger partial charge < -0.3 is 9.13 Å². The van der Waals surface area contributed by atoms with Crippen LogP contribution in [0, 0.1) is 11.6 Å². The van der Waals surface area contributed by atoms with Crippen LogP contribution in [0.5, 0.6) is 0 Å². The predicted octanol–water partition coefficient (Wildman–Crippen LogP) is 15.9. The molecular formula is C46H60F2N2S2. The molecule has 0 saturated heterocycles. The SMILES string of the molecule is CCCCCCc1csc(-c2cc3c(cc2F)c2c(c4cc(F)c(-c5cc(CCCCCC)cs5)cc4n2CCCCCC)n3CCCCCC)c1. The lowest BCUT2D eigenvalue weighted by atomic mass is 10.1. The molecule has 0 bridgehead atoms. The average molecular weight is 743 g/mol. The normalized spacial score (nSPS) is 12.0. The van der Waals surface area contributed by atoms with E-state index in [0.29, 0.717) is 11.1 Å². The highest BCUT2D eigenvalue weighted by Gasteiger charge is 2.24. The number of halogens is 2. The first kappa shape index (κ1) is 38.8. The maximum atomic E-state index is 16.4. The Morgan fingerprint density at radius 2 is 0.846 bits per heavy atom. The fourth-order valence-electron chi connectivity index (χ4n) is 8.04. The number of hydrogen-bond donors (Lipinski definition) is 0. The quantitative estimate of drug-likeness (QED) is 0.0613. The lowest BCUT2D eigenvalue weighted by molar-refractivity contribution is 0.600. The van der Waals surface area contributed by atoms with Crippen LogP contribution in [-0.2, 0) is 25.9 Å². The average Bonchev–Trinajstić information content (AvgIpc) is 3.93. The molecule has 0 aliphatic rings. The lowest BCUT2D eigenvalue weighted by Crippen LogP contribution is -1.99. The van der Waals surface area contributed by atoms with Gasteiger partial charge in [-0.05, 0) is 96.8 Å². The minimum atomic E-state index is -0.170. The first-order valence-corrected chi connectivity index (χ1v) is 22.4. The third kappa shape index (κ3) is 8.70. The van der Waals surface area contributed by atoms with E-state index in [-0.39, 0.29) is 11.6 Å². The fourth-order valence-corrected chi connectivity index (χ4v) is 9.97. The van der Waals surface area contributed by atoms with Crippen LogP contribution in [0.2, 0.25) is 0 Å². The van der Waals surface area contributed by atoms with Crippen LogP contribution in [-0.4, -0.2) is 9.13 Å². The van der Waals surface area contributed by atoms with Crippen molar-refractivity contribution in [3.8, 4) is 20.9 Å². The van der Waals surface area contributed by atoms with Crippen molar-refractivity contribution in [2.75, 3.05) is 0 Å². The summed E-state index contributed by atoms with van der Waals surface area (Å²) in [5.74, 6) is -0.340. The van der Waals surface area contributed by atoms with Gasteiger partial charge in [0.15, 0.2) is 0 Å². The van der Waals surface area contributed by atoms with Crippen LogP contribution in [0.25, 0.3) is 53.7 Å². The molecule has 0 atom stereocenters. The molecular weight excluding hydrogens is 683 g/mol.